The Hall–Kier alpha value is -1.09. The normalized spacial score (nSPS) is 25.1. The lowest BCUT2D eigenvalue weighted by Crippen LogP contribution is -2.51. The molecule has 1 amide bonds. The lowest BCUT2D eigenvalue weighted by Gasteiger charge is -2.37. The number of benzene rings is 1. The van der Waals surface area contributed by atoms with E-state index in [9.17, 15) is 13.2 Å². The second-order valence-electron chi connectivity index (χ2n) is 8.07. The number of carbonyl (C=O) groups excluding carboxylic acids is 1. The molecule has 0 N–H and O–H groups in total. The number of anilines is 1. The van der Waals surface area contributed by atoms with Crippen molar-refractivity contribution in [3.05, 3.63) is 18.2 Å². The number of hydrogen-bond acceptors (Lipinski definition) is 5. The minimum Gasteiger partial charge on any atom is -0.310 e. The predicted molar refractivity (Wildman–Crippen MR) is 112 cm³/mol. The third-order valence-electron chi connectivity index (χ3n) is 6.12. The molecule has 0 aromatic heterocycles. The number of nitrogens with zero attached hydrogens (tertiary/aromatic N) is 3. The number of piperazine rings is 1. The number of amides is 1. The van der Waals surface area contributed by atoms with Crippen LogP contribution in [0.15, 0.2) is 28.0 Å². The van der Waals surface area contributed by atoms with Gasteiger partial charge < -0.3 is 4.90 Å². The van der Waals surface area contributed by atoms with E-state index in [1.807, 2.05) is 6.07 Å². The van der Waals surface area contributed by atoms with Crippen LogP contribution in [0.1, 0.15) is 39.5 Å². The quantitative estimate of drug-likeness (QED) is 0.748. The van der Waals surface area contributed by atoms with Gasteiger partial charge in [-0.2, -0.15) is 4.31 Å². The van der Waals surface area contributed by atoms with E-state index in [-0.39, 0.29) is 5.91 Å². The average molecular weight is 424 g/mol. The smallest absolute Gasteiger partial charge is 0.243 e. The first-order valence-electron chi connectivity index (χ1n) is 10.2. The van der Waals surface area contributed by atoms with Crippen molar-refractivity contribution in [1.29, 1.82) is 0 Å². The Morgan fingerprint density at radius 3 is 2.43 bits per heavy atom. The van der Waals surface area contributed by atoms with Gasteiger partial charge in [-0.05, 0) is 31.0 Å². The van der Waals surface area contributed by atoms with Crippen LogP contribution in [0.25, 0.3) is 0 Å². The number of fused-ring (bicyclic) bond motifs is 1. The molecule has 0 unspecified atom stereocenters. The standard InChI is InChI=1S/C20H29N3O3S2/c1-15-14-23(16(2)24)19-13-18(7-8-20(19)27-15)28(25,26)22-11-9-21(10-12-22)17-5-3-4-6-17/h7-8,13,15,17H,3-6,9-12,14H2,1-2H3/t15-/m1/s1. The molecular weight excluding hydrogens is 394 g/mol. The lowest BCUT2D eigenvalue weighted by molar-refractivity contribution is -0.116. The van der Waals surface area contributed by atoms with E-state index in [1.54, 1.807) is 33.1 Å². The third kappa shape index (κ3) is 3.84. The van der Waals surface area contributed by atoms with E-state index in [2.05, 4.69) is 11.8 Å². The first-order valence-corrected chi connectivity index (χ1v) is 12.5. The van der Waals surface area contributed by atoms with Crippen molar-refractivity contribution in [3.63, 3.8) is 0 Å². The molecule has 3 aliphatic rings. The number of thioether (sulfide) groups is 1. The van der Waals surface area contributed by atoms with E-state index in [0.29, 0.717) is 35.8 Å². The Labute approximate surface area is 172 Å². The van der Waals surface area contributed by atoms with Crippen molar-refractivity contribution in [3.8, 4) is 0 Å². The Morgan fingerprint density at radius 2 is 1.79 bits per heavy atom. The van der Waals surface area contributed by atoms with Crippen LogP contribution in [0.4, 0.5) is 5.69 Å². The second-order valence-corrected chi connectivity index (χ2v) is 11.5. The Balaban J connectivity index is 1.53. The van der Waals surface area contributed by atoms with Gasteiger partial charge in [-0.15, -0.1) is 11.8 Å². The maximum absolute atomic E-state index is 13.2. The van der Waals surface area contributed by atoms with Crippen molar-refractivity contribution in [2.45, 2.75) is 60.6 Å². The molecule has 2 heterocycles. The fourth-order valence-corrected chi connectivity index (χ4v) is 7.14. The number of carbonyl (C=O) groups is 1. The molecule has 0 bridgehead atoms. The fraction of sp³-hybridized carbons (Fsp3) is 0.650. The molecule has 2 fully saturated rings. The molecule has 28 heavy (non-hydrogen) atoms. The molecule has 0 radical (unpaired) electrons. The molecule has 4 rings (SSSR count). The minimum absolute atomic E-state index is 0.0480. The molecule has 2 aliphatic heterocycles. The summed E-state index contributed by atoms with van der Waals surface area (Å²) < 4.78 is 28.1. The van der Waals surface area contributed by atoms with E-state index in [1.165, 1.54) is 32.6 Å². The van der Waals surface area contributed by atoms with Crippen LogP contribution < -0.4 is 4.90 Å². The highest BCUT2D eigenvalue weighted by molar-refractivity contribution is 8.00. The van der Waals surface area contributed by atoms with E-state index >= 15 is 0 Å². The Bertz CT molecular complexity index is 844. The molecule has 154 valence electrons. The van der Waals surface area contributed by atoms with E-state index < -0.39 is 10.0 Å². The maximum Gasteiger partial charge on any atom is 0.243 e. The molecule has 1 saturated carbocycles. The number of sulfonamides is 1. The highest BCUT2D eigenvalue weighted by Crippen LogP contribution is 2.40. The predicted octanol–water partition coefficient (Wildman–Crippen LogP) is 2.78. The Morgan fingerprint density at radius 1 is 1.11 bits per heavy atom. The van der Waals surface area contributed by atoms with E-state index in [4.69, 9.17) is 0 Å². The van der Waals surface area contributed by atoms with Crippen molar-refractivity contribution >= 4 is 33.4 Å². The van der Waals surface area contributed by atoms with Crippen molar-refractivity contribution in [2.75, 3.05) is 37.6 Å². The van der Waals surface area contributed by atoms with Gasteiger partial charge in [0.25, 0.3) is 0 Å². The van der Waals surface area contributed by atoms with Gasteiger partial charge in [0.05, 0.1) is 10.6 Å². The van der Waals surface area contributed by atoms with Crippen molar-refractivity contribution in [1.82, 2.24) is 9.21 Å². The van der Waals surface area contributed by atoms with Crippen LogP contribution in [0.3, 0.4) is 0 Å². The van der Waals surface area contributed by atoms with Crippen LogP contribution in [-0.4, -0.2) is 67.5 Å². The first-order chi connectivity index (χ1) is 13.4. The van der Waals surface area contributed by atoms with Crippen LogP contribution >= 0.6 is 11.8 Å². The number of rotatable bonds is 3. The van der Waals surface area contributed by atoms with E-state index in [0.717, 1.165) is 23.7 Å². The fourth-order valence-electron chi connectivity index (χ4n) is 4.60. The summed E-state index contributed by atoms with van der Waals surface area (Å²) in [4.78, 5) is 17.5. The highest BCUT2D eigenvalue weighted by Gasteiger charge is 2.33. The van der Waals surface area contributed by atoms with Gasteiger partial charge in [0.15, 0.2) is 0 Å². The largest absolute Gasteiger partial charge is 0.310 e. The molecule has 8 heteroatoms. The molecule has 1 atom stereocenters. The second kappa shape index (κ2) is 7.97. The molecule has 1 saturated heterocycles. The van der Waals surface area contributed by atoms with Crippen molar-refractivity contribution < 1.29 is 13.2 Å². The van der Waals surface area contributed by atoms with Crippen LogP contribution in [0.2, 0.25) is 0 Å². The Kier molecular flexibility index (Phi) is 5.75. The van der Waals surface area contributed by atoms with Gasteiger partial charge in [-0.1, -0.05) is 19.8 Å². The monoisotopic (exact) mass is 423 g/mol. The zero-order chi connectivity index (χ0) is 19.9. The van der Waals surface area contributed by atoms with Gasteiger partial charge >= 0.3 is 0 Å². The summed E-state index contributed by atoms with van der Waals surface area (Å²) in [6.07, 6.45) is 5.08. The van der Waals surface area contributed by atoms with Crippen molar-refractivity contribution in [2.24, 2.45) is 0 Å². The van der Waals surface area contributed by atoms with Crippen LogP contribution in [0.5, 0.6) is 0 Å². The summed E-state index contributed by atoms with van der Waals surface area (Å²) in [7, 11) is -3.55. The topological polar surface area (TPSA) is 60.9 Å². The highest BCUT2D eigenvalue weighted by atomic mass is 32.2. The zero-order valence-corrected chi connectivity index (χ0v) is 18.3. The van der Waals surface area contributed by atoms with Crippen LogP contribution in [-0.2, 0) is 14.8 Å². The summed E-state index contributed by atoms with van der Waals surface area (Å²) in [6, 6.07) is 5.87. The lowest BCUT2D eigenvalue weighted by atomic mass is 10.2. The third-order valence-corrected chi connectivity index (χ3v) is 9.17. The molecule has 0 spiro atoms. The first kappa shape index (κ1) is 20.2. The summed E-state index contributed by atoms with van der Waals surface area (Å²) in [5, 5.41) is 0.294. The molecule has 1 aromatic carbocycles. The summed E-state index contributed by atoms with van der Waals surface area (Å²) in [6.45, 7) is 6.92. The molecule has 1 aromatic rings. The molecular formula is C20H29N3O3S2. The minimum atomic E-state index is -3.55. The summed E-state index contributed by atoms with van der Waals surface area (Å²) in [5.74, 6) is -0.0480. The molecule has 6 nitrogen and oxygen atoms in total. The van der Waals surface area contributed by atoms with Gasteiger partial charge in [-0.3, -0.25) is 9.69 Å². The summed E-state index contributed by atoms with van der Waals surface area (Å²) >= 11 is 1.69. The maximum atomic E-state index is 13.2. The van der Waals surface area contributed by atoms with Crippen LogP contribution in [0, 0.1) is 0 Å². The van der Waals surface area contributed by atoms with Gasteiger partial charge in [0.2, 0.25) is 15.9 Å². The average Bonchev–Trinajstić information content (AvgIpc) is 3.21. The van der Waals surface area contributed by atoms with Gasteiger partial charge in [0.1, 0.15) is 0 Å². The van der Waals surface area contributed by atoms with Gasteiger partial charge in [0, 0.05) is 55.8 Å². The summed E-state index contributed by atoms with van der Waals surface area (Å²) in [5.41, 5.74) is 0.723. The SMILES string of the molecule is CC(=O)N1C[C@@H](C)Sc2ccc(S(=O)(=O)N3CCN(C4CCCC4)CC3)cc21. The zero-order valence-electron chi connectivity index (χ0n) is 16.6. The number of hydrogen-bond donors (Lipinski definition) is 0. The molecule has 1 aliphatic carbocycles. The van der Waals surface area contributed by atoms with Gasteiger partial charge in [-0.25, -0.2) is 8.42 Å².